The van der Waals surface area contributed by atoms with Crippen LogP contribution in [0.5, 0.6) is 0 Å². The van der Waals surface area contributed by atoms with Crippen molar-refractivity contribution >= 4 is 15.9 Å². The molecule has 6 nitrogen and oxygen atoms in total. The van der Waals surface area contributed by atoms with Gasteiger partial charge in [0.25, 0.3) is 5.91 Å². The predicted octanol–water partition coefficient (Wildman–Crippen LogP) is 0.815. The average molecular weight is 313 g/mol. The van der Waals surface area contributed by atoms with Crippen LogP contribution in [0.4, 0.5) is 0 Å². The Hall–Kier alpha value is -1.34. The zero-order chi connectivity index (χ0) is 15.6. The molecule has 1 aromatic heterocycles. The predicted molar refractivity (Wildman–Crippen MR) is 81.5 cm³/mol. The Kier molecular flexibility index (Phi) is 4.73. The molecule has 0 radical (unpaired) electrons. The first-order chi connectivity index (χ1) is 9.82. The lowest BCUT2D eigenvalue weighted by Crippen LogP contribution is -2.41. The number of nitrogens with one attached hydrogen (secondary N) is 1. The number of carbonyl (C=O) groups is 1. The topological polar surface area (TPSA) is 71.4 Å². The molecule has 0 bridgehead atoms. The summed E-state index contributed by atoms with van der Waals surface area (Å²) in [7, 11) is -1.39. The first kappa shape index (κ1) is 16.0. The van der Waals surface area contributed by atoms with Crippen LogP contribution in [0.3, 0.4) is 0 Å². The van der Waals surface area contributed by atoms with Crippen molar-refractivity contribution in [1.82, 2.24) is 14.2 Å². The van der Waals surface area contributed by atoms with Gasteiger partial charge < -0.3 is 9.88 Å². The van der Waals surface area contributed by atoms with E-state index in [1.165, 1.54) is 10.6 Å². The van der Waals surface area contributed by atoms with E-state index in [-0.39, 0.29) is 17.9 Å². The summed E-state index contributed by atoms with van der Waals surface area (Å²) >= 11 is 0. The number of hydrogen-bond acceptors (Lipinski definition) is 3. The number of nitrogens with zero attached hydrogens (tertiary/aromatic N) is 2. The number of amides is 1. The van der Waals surface area contributed by atoms with Crippen molar-refractivity contribution in [1.29, 1.82) is 0 Å². The monoisotopic (exact) mass is 313 g/mol. The van der Waals surface area contributed by atoms with Crippen LogP contribution in [0, 0.1) is 5.92 Å². The Morgan fingerprint density at radius 3 is 2.67 bits per heavy atom. The number of sulfonamides is 1. The third-order valence-corrected chi connectivity index (χ3v) is 5.27. The van der Waals surface area contributed by atoms with Crippen LogP contribution in [0.1, 0.15) is 30.3 Å². The molecule has 1 aromatic rings. The van der Waals surface area contributed by atoms with E-state index in [2.05, 4.69) is 12.2 Å². The van der Waals surface area contributed by atoms with Crippen molar-refractivity contribution in [2.45, 2.75) is 25.8 Å². The Morgan fingerprint density at radius 1 is 1.43 bits per heavy atom. The molecule has 1 fully saturated rings. The molecule has 1 aliphatic rings. The van der Waals surface area contributed by atoms with Crippen LogP contribution in [-0.4, -0.2) is 48.6 Å². The molecule has 1 aliphatic heterocycles. The number of carbonyl (C=O) groups excluding carboxylic acids is 1. The Morgan fingerprint density at radius 2 is 2.14 bits per heavy atom. The maximum absolute atomic E-state index is 12.3. The van der Waals surface area contributed by atoms with E-state index < -0.39 is 10.0 Å². The highest BCUT2D eigenvalue weighted by molar-refractivity contribution is 7.88. The van der Waals surface area contributed by atoms with Gasteiger partial charge in [0.2, 0.25) is 10.0 Å². The normalized spacial score (nSPS) is 23.4. The van der Waals surface area contributed by atoms with Crippen LogP contribution >= 0.6 is 0 Å². The lowest BCUT2D eigenvalue weighted by atomic mass is 9.98. The van der Waals surface area contributed by atoms with Crippen molar-refractivity contribution < 1.29 is 13.2 Å². The molecular formula is C14H23N3O3S. The van der Waals surface area contributed by atoms with Crippen molar-refractivity contribution in [2.24, 2.45) is 13.0 Å². The summed E-state index contributed by atoms with van der Waals surface area (Å²) < 4.78 is 26.6. The molecule has 1 amide bonds. The van der Waals surface area contributed by atoms with Crippen LogP contribution in [0.15, 0.2) is 18.3 Å². The molecule has 21 heavy (non-hydrogen) atoms. The molecular weight excluding hydrogens is 290 g/mol. The van der Waals surface area contributed by atoms with E-state index in [0.717, 1.165) is 12.8 Å². The quantitative estimate of drug-likeness (QED) is 0.874. The molecule has 1 saturated heterocycles. The average Bonchev–Trinajstić information content (AvgIpc) is 2.96. The smallest absolute Gasteiger partial charge is 0.268 e. The Bertz CT molecular complexity index is 609. The van der Waals surface area contributed by atoms with Crippen LogP contribution in [-0.2, 0) is 17.1 Å². The number of aryl methyl sites for hydroxylation is 1. The van der Waals surface area contributed by atoms with Crippen LogP contribution in [0.2, 0.25) is 0 Å². The van der Waals surface area contributed by atoms with Gasteiger partial charge in [0.1, 0.15) is 5.69 Å². The van der Waals surface area contributed by atoms with Gasteiger partial charge in [0.15, 0.2) is 0 Å². The molecule has 0 aliphatic carbocycles. The highest BCUT2D eigenvalue weighted by atomic mass is 32.2. The lowest BCUT2D eigenvalue weighted by Gasteiger charge is -2.19. The van der Waals surface area contributed by atoms with Gasteiger partial charge in [-0.15, -0.1) is 0 Å². The SMILES string of the molecule is CCCC1CN(S(C)(=O)=O)CC1NC(=O)c1cccn1C. The van der Waals surface area contributed by atoms with Gasteiger partial charge in [-0.1, -0.05) is 13.3 Å². The minimum Gasteiger partial charge on any atom is -0.347 e. The molecule has 0 aromatic carbocycles. The molecule has 2 atom stereocenters. The first-order valence-electron chi connectivity index (χ1n) is 7.20. The Labute approximate surface area is 126 Å². The summed E-state index contributed by atoms with van der Waals surface area (Å²) in [5.41, 5.74) is 0.586. The van der Waals surface area contributed by atoms with Gasteiger partial charge in [-0.25, -0.2) is 8.42 Å². The van der Waals surface area contributed by atoms with E-state index in [0.29, 0.717) is 18.8 Å². The van der Waals surface area contributed by atoms with E-state index in [1.54, 1.807) is 10.6 Å². The van der Waals surface area contributed by atoms with Crippen LogP contribution < -0.4 is 5.32 Å². The van der Waals surface area contributed by atoms with Crippen molar-refractivity contribution in [2.75, 3.05) is 19.3 Å². The number of aromatic nitrogens is 1. The van der Waals surface area contributed by atoms with Gasteiger partial charge in [-0.2, -0.15) is 4.31 Å². The van der Waals surface area contributed by atoms with Gasteiger partial charge in [0, 0.05) is 32.4 Å². The molecule has 2 rings (SSSR count). The summed E-state index contributed by atoms with van der Waals surface area (Å²) in [5.74, 6) is 0.0258. The summed E-state index contributed by atoms with van der Waals surface area (Å²) in [6.07, 6.45) is 4.91. The van der Waals surface area contributed by atoms with Crippen molar-refractivity contribution in [3.63, 3.8) is 0 Å². The maximum Gasteiger partial charge on any atom is 0.268 e. The second kappa shape index (κ2) is 6.19. The molecule has 2 unspecified atom stereocenters. The third kappa shape index (κ3) is 3.65. The molecule has 0 spiro atoms. The molecule has 118 valence electrons. The standard InChI is InChI=1S/C14H23N3O3S/c1-4-6-11-9-17(21(3,19)20)10-12(11)15-14(18)13-7-5-8-16(13)2/h5,7-8,11-12H,4,6,9-10H2,1-3H3,(H,15,18). The molecule has 7 heteroatoms. The van der Waals surface area contributed by atoms with E-state index in [1.807, 2.05) is 19.3 Å². The van der Waals surface area contributed by atoms with Crippen molar-refractivity contribution in [3.8, 4) is 0 Å². The molecule has 2 heterocycles. The summed E-state index contributed by atoms with van der Waals surface area (Å²) in [4.78, 5) is 12.3. The number of rotatable bonds is 5. The van der Waals surface area contributed by atoms with E-state index in [4.69, 9.17) is 0 Å². The highest BCUT2D eigenvalue weighted by Gasteiger charge is 2.37. The van der Waals surface area contributed by atoms with Gasteiger partial charge >= 0.3 is 0 Å². The minimum atomic E-state index is -3.21. The highest BCUT2D eigenvalue weighted by Crippen LogP contribution is 2.24. The number of hydrogen-bond donors (Lipinski definition) is 1. The fourth-order valence-corrected chi connectivity index (χ4v) is 3.76. The second-order valence-corrected chi connectivity index (χ2v) is 7.70. The fraction of sp³-hybridized carbons (Fsp3) is 0.643. The van der Waals surface area contributed by atoms with E-state index in [9.17, 15) is 13.2 Å². The molecule has 0 saturated carbocycles. The van der Waals surface area contributed by atoms with Gasteiger partial charge in [-0.3, -0.25) is 4.79 Å². The minimum absolute atomic E-state index is 0.123. The third-order valence-electron chi connectivity index (χ3n) is 4.03. The zero-order valence-corrected chi connectivity index (χ0v) is 13.6. The van der Waals surface area contributed by atoms with Crippen LogP contribution in [0.25, 0.3) is 0 Å². The lowest BCUT2D eigenvalue weighted by molar-refractivity contribution is 0.0921. The van der Waals surface area contributed by atoms with Crippen molar-refractivity contribution in [3.05, 3.63) is 24.0 Å². The summed E-state index contributed by atoms with van der Waals surface area (Å²) in [6.45, 7) is 2.92. The summed E-state index contributed by atoms with van der Waals surface area (Å²) in [6, 6.07) is 3.45. The molecule has 1 N–H and O–H groups in total. The van der Waals surface area contributed by atoms with Gasteiger partial charge in [0.05, 0.1) is 6.26 Å². The first-order valence-corrected chi connectivity index (χ1v) is 9.05. The largest absolute Gasteiger partial charge is 0.347 e. The zero-order valence-electron chi connectivity index (χ0n) is 12.7. The summed E-state index contributed by atoms with van der Waals surface area (Å²) in [5, 5.41) is 2.99. The van der Waals surface area contributed by atoms with Gasteiger partial charge in [-0.05, 0) is 24.5 Å². The fourth-order valence-electron chi connectivity index (χ4n) is 2.87. The van der Waals surface area contributed by atoms with E-state index >= 15 is 0 Å². The Balaban J connectivity index is 2.10. The maximum atomic E-state index is 12.3. The second-order valence-electron chi connectivity index (χ2n) is 5.71.